The molecule has 3 rings (SSSR count). The third-order valence-electron chi connectivity index (χ3n) is 4.55. The van der Waals surface area contributed by atoms with E-state index < -0.39 is 6.10 Å². The zero-order chi connectivity index (χ0) is 19.9. The van der Waals surface area contributed by atoms with Gasteiger partial charge in [0.05, 0.1) is 6.54 Å². The smallest absolute Gasteiger partial charge is 0.261 e. The Morgan fingerprint density at radius 1 is 1.00 bits per heavy atom. The van der Waals surface area contributed by atoms with E-state index in [1.54, 1.807) is 0 Å². The number of hydrogen-bond acceptors (Lipinski definition) is 3. The van der Waals surface area contributed by atoms with Gasteiger partial charge in [0.1, 0.15) is 18.1 Å². The average molecular weight is 377 g/mol. The van der Waals surface area contributed by atoms with Gasteiger partial charge >= 0.3 is 0 Å². The zero-order valence-corrected chi connectivity index (χ0v) is 16.7. The van der Waals surface area contributed by atoms with E-state index >= 15 is 0 Å². The minimum Gasteiger partial charge on any atom is -0.492 e. The summed E-state index contributed by atoms with van der Waals surface area (Å²) in [5.41, 5.74) is 2.32. The molecule has 146 valence electrons. The largest absolute Gasteiger partial charge is 0.492 e. The maximum absolute atomic E-state index is 12.5. The van der Waals surface area contributed by atoms with Crippen LogP contribution in [0.3, 0.4) is 0 Å². The molecule has 0 heterocycles. The van der Waals surface area contributed by atoms with Crippen LogP contribution in [0.4, 0.5) is 0 Å². The first-order chi connectivity index (χ1) is 13.6. The average Bonchev–Trinajstić information content (AvgIpc) is 2.68. The van der Waals surface area contributed by atoms with Crippen molar-refractivity contribution in [2.45, 2.75) is 33.3 Å². The fourth-order valence-corrected chi connectivity index (χ4v) is 3.25. The Hall–Kier alpha value is -3.01. The van der Waals surface area contributed by atoms with Gasteiger partial charge in [-0.2, -0.15) is 0 Å². The van der Waals surface area contributed by atoms with Crippen molar-refractivity contribution < 1.29 is 14.3 Å². The molecule has 0 unspecified atom stereocenters. The summed E-state index contributed by atoms with van der Waals surface area (Å²) in [6.07, 6.45) is 0.0551. The number of amides is 1. The minimum atomic E-state index is -0.535. The highest BCUT2D eigenvalue weighted by Gasteiger charge is 2.18. The van der Waals surface area contributed by atoms with Gasteiger partial charge in [-0.05, 0) is 55.0 Å². The molecule has 0 fully saturated rings. The maximum atomic E-state index is 12.5. The van der Waals surface area contributed by atoms with Crippen molar-refractivity contribution in [2.75, 3.05) is 13.2 Å². The van der Waals surface area contributed by atoms with Crippen LogP contribution in [0.25, 0.3) is 10.8 Å². The van der Waals surface area contributed by atoms with Gasteiger partial charge in [0.15, 0.2) is 6.10 Å². The van der Waals surface area contributed by atoms with Crippen LogP contribution in [0.5, 0.6) is 11.5 Å². The van der Waals surface area contributed by atoms with E-state index in [1.165, 1.54) is 0 Å². The normalized spacial score (nSPS) is 11.8. The summed E-state index contributed by atoms with van der Waals surface area (Å²) in [6, 6.07) is 20.0. The number of carbonyl (C=O) groups is 1. The first-order valence-electron chi connectivity index (χ1n) is 9.70. The van der Waals surface area contributed by atoms with Crippen molar-refractivity contribution in [3.8, 4) is 11.5 Å². The molecule has 1 atom stereocenters. The highest BCUT2D eigenvalue weighted by atomic mass is 16.5. The van der Waals surface area contributed by atoms with Crippen LogP contribution < -0.4 is 14.8 Å². The molecule has 0 spiro atoms. The molecule has 1 N–H and O–H groups in total. The third-order valence-corrected chi connectivity index (χ3v) is 4.55. The SMILES string of the molecule is CC[C@H](Oc1cccc2ccccc12)C(=O)NCCOc1cc(C)cc(C)c1. The van der Waals surface area contributed by atoms with Crippen LogP contribution in [0, 0.1) is 13.8 Å². The molecule has 0 aliphatic carbocycles. The van der Waals surface area contributed by atoms with E-state index in [0.717, 1.165) is 33.4 Å². The molecule has 3 aromatic carbocycles. The molecule has 0 saturated heterocycles. The quantitative estimate of drug-likeness (QED) is 0.573. The monoisotopic (exact) mass is 377 g/mol. The Morgan fingerprint density at radius 3 is 2.46 bits per heavy atom. The lowest BCUT2D eigenvalue weighted by Crippen LogP contribution is -2.39. The van der Waals surface area contributed by atoms with E-state index in [9.17, 15) is 4.79 Å². The predicted molar refractivity (Wildman–Crippen MR) is 113 cm³/mol. The number of fused-ring (bicyclic) bond motifs is 1. The number of hydrogen-bond donors (Lipinski definition) is 1. The van der Waals surface area contributed by atoms with Crippen molar-refractivity contribution in [3.05, 3.63) is 71.8 Å². The summed E-state index contributed by atoms with van der Waals surface area (Å²) in [7, 11) is 0. The van der Waals surface area contributed by atoms with Crippen LogP contribution in [0.2, 0.25) is 0 Å². The molecule has 4 heteroatoms. The molecule has 0 saturated carbocycles. The van der Waals surface area contributed by atoms with Gasteiger partial charge in [-0.15, -0.1) is 0 Å². The van der Waals surface area contributed by atoms with Gasteiger partial charge < -0.3 is 14.8 Å². The van der Waals surface area contributed by atoms with Crippen molar-refractivity contribution in [3.63, 3.8) is 0 Å². The predicted octanol–water partition coefficient (Wildman–Crippen LogP) is 4.81. The Balaban J connectivity index is 1.55. The lowest BCUT2D eigenvalue weighted by atomic mass is 10.1. The Bertz CT molecular complexity index is 926. The van der Waals surface area contributed by atoms with Crippen LogP contribution in [-0.2, 0) is 4.79 Å². The molecule has 0 aromatic heterocycles. The lowest BCUT2D eigenvalue weighted by Gasteiger charge is -2.18. The first kappa shape index (κ1) is 19.7. The van der Waals surface area contributed by atoms with Gasteiger partial charge in [0.25, 0.3) is 5.91 Å². The molecule has 4 nitrogen and oxygen atoms in total. The maximum Gasteiger partial charge on any atom is 0.261 e. The number of rotatable bonds is 8. The molecular formula is C24H27NO3. The Kier molecular flexibility index (Phi) is 6.53. The second kappa shape index (κ2) is 9.27. The van der Waals surface area contributed by atoms with Crippen molar-refractivity contribution in [1.82, 2.24) is 5.32 Å². The van der Waals surface area contributed by atoms with Gasteiger partial charge in [0, 0.05) is 5.39 Å². The van der Waals surface area contributed by atoms with E-state index in [-0.39, 0.29) is 5.91 Å². The second-order valence-electron chi connectivity index (χ2n) is 6.95. The van der Waals surface area contributed by atoms with Crippen LogP contribution >= 0.6 is 0 Å². The standard InChI is InChI=1S/C24H27NO3/c1-4-22(28-23-11-7-9-19-8-5-6-10-21(19)23)24(26)25-12-13-27-20-15-17(2)14-18(3)16-20/h5-11,14-16,22H,4,12-13H2,1-3H3,(H,25,26)/t22-/m0/s1. The third kappa shape index (κ3) is 5.03. The van der Waals surface area contributed by atoms with Gasteiger partial charge in [-0.25, -0.2) is 0 Å². The summed E-state index contributed by atoms with van der Waals surface area (Å²) in [5.74, 6) is 1.43. The fraction of sp³-hybridized carbons (Fsp3) is 0.292. The molecule has 0 aliphatic rings. The molecule has 0 radical (unpaired) electrons. The van der Waals surface area contributed by atoms with Gasteiger partial charge in [0.2, 0.25) is 0 Å². The van der Waals surface area contributed by atoms with Crippen LogP contribution in [0.1, 0.15) is 24.5 Å². The molecule has 3 aromatic rings. The van der Waals surface area contributed by atoms with Crippen LogP contribution in [0.15, 0.2) is 60.7 Å². The minimum absolute atomic E-state index is 0.126. The van der Waals surface area contributed by atoms with E-state index in [1.807, 2.05) is 75.4 Å². The Labute approximate surface area is 166 Å². The number of benzene rings is 3. The molecular weight excluding hydrogens is 350 g/mol. The second-order valence-corrected chi connectivity index (χ2v) is 6.95. The number of nitrogens with one attached hydrogen (secondary N) is 1. The zero-order valence-electron chi connectivity index (χ0n) is 16.7. The van der Waals surface area contributed by atoms with E-state index in [2.05, 4.69) is 11.4 Å². The van der Waals surface area contributed by atoms with E-state index in [4.69, 9.17) is 9.47 Å². The highest BCUT2D eigenvalue weighted by molar-refractivity contribution is 5.89. The Morgan fingerprint density at radius 2 is 1.71 bits per heavy atom. The van der Waals surface area contributed by atoms with Crippen molar-refractivity contribution in [1.29, 1.82) is 0 Å². The summed E-state index contributed by atoms with van der Waals surface area (Å²) in [5, 5.41) is 5.02. The van der Waals surface area contributed by atoms with Crippen molar-refractivity contribution in [2.24, 2.45) is 0 Å². The number of carbonyl (C=O) groups excluding carboxylic acids is 1. The van der Waals surface area contributed by atoms with E-state index in [0.29, 0.717) is 19.6 Å². The van der Waals surface area contributed by atoms with Gasteiger partial charge in [-0.1, -0.05) is 49.4 Å². The summed E-state index contributed by atoms with van der Waals surface area (Å²) < 4.78 is 11.8. The van der Waals surface area contributed by atoms with Crippen molar-refractivity contribution >= 4 is 16.7 Å². The van der Waals surface area contributed by atoms with Crippen LogP contribution in [-0.4, -0.2) is 25.2 Å². The lowest BCUT2D eigenvalue weighted by molar-refractivity contribution is -0.128. The molecule has 0 aliphatic heterocycles. The molecule has 28 heavy (non-hydrogen) atoms. The summed E-state index contributed by atoms with van der Waals surface area (Å²) in [4.78, 5) is 12.5. The summed E-state index contributed by atoms with van der Waals surface area (Å²) >= 11 is 0. The molecule has 0 bridgehead atoms. The highest BCUT2D eigenvalue weighted by Crippen LogP contribution is 2.26. The summed E-state index contributed by atoms with van der Waals surface area (Å²) in [6.45, 7) is 6.87. The number of aryl methyl sites for hydroxylation is 2. The number of ether oxygens (including phenoxy) is 2. The molecule has 1 amide bonds. The fourth-order valence-electron chi connectivity index (χ4n) is 3.25. The first-order valence-corrected chi connectivity index (χ1v) is 9.70. The van der Waals surface area contributed by atoms with Gasteiger partial charge in [-0.3, -0.25) is 4.79 Å². The topological polar surface area (TPSA) is 47.6 Å².